The highest BCUT2D eigenvalue weighted by Crippen LogP contribution is 2.30. The molecular formula is C19H22F2N4O6S. The predicted molar refractivity (Wildman–Crippen MR) is 114 cm³/mol. The van der Waals surface area contributed by atoms with Crippen LogP contribution in [0, 0.1) is 10.1 Å². The number of benzene rings is 2. The van der Waals surface area contributed by atoms with Gasteiger partial charge in [-0.05, 0) is 35.9 Å². The van der Waals surface area contributed by atoms with Gasteiger partial charge in [-0.3, -0.25) is 15.5 Å². The van der Waals surface area contributed by atoms with Gasteiger partial charge in [0, 0.05) is 19.2 Å². The number of anilines is 1. The number of nitro groups is 1. The summed E-state index contributed by atoms with van der Waals surface area (Å²) in [6.45, 7) is 0.769. The van der Waals surface area contributed by atoms with E-state index in [1.165, 1.54) is 48.0 Å². The SMILES string of the molecule is CCN(CC)S(=O)(=O)c1ccc(NN=Cc2ccc(OC(F)F)c(OC)c2)c([N+](=O)[O-])c1. The molecule has 0 amide bonds. The number of nitro benzene ring substituents is 1. The number of nitrogens with one attached hydrogen (secondary N) is 1. The number of ether oxygens (including phenoxy) is 2. The van der Waals surface area contributed by atoms with Crippen LogP contribution in [-0.4, -0.2) is 50.7 Å². The number of sulfonamides is 1. The molecule has 2 aromatic carbocycles. The first kappa shape index (κ1) is 24.9. The second kappa shape index (κ2) is 10.8. The first-order valence-electron chi connectivity index (χ1n) is 9.34. The van der Waals surface area contributed by atoms with E-state index in [1.807, 2.05) is 0 Å². The average molecular weight is 472 g/mol. The van der Waals surface area contributed by atoms with Crippen LogP contribution in [0.25, 0.3) is 0 Å². The first-order chi connectivity index (χ1) is 15.1. The van der Waals surface area contributed by atoms with Crippen LogP contribution < -0.4 is 14.9 Å². The van der Waals surface area contributed by atoms with Gasteiger partial charge in [0.2, 0.25) is 10.0 Å². The van der Waals surface area contributed by atoms with Crippen LogP contribution in [0.1, 0.15) is 19.4 Å². The molecule has 10 nitrogen and oxygen atoms in total. The minimum absolute atomic E-state index is 0.0330. The van der Waals surface area contributed by atoms with Crippen LogP contribution in [-0.2, 0) is 10.0 Å². The molecule has 0 unspecified atom stereocenters. The summed E-state index contributed by atoms with van der Waals surface area (Å²) in [5.74, 6) is -0.112. The van der Waals surface area contributed by atoms with Crippen molar-refractivity contribution in [3.8, 4) is 11.5 Å². The van der Waals surface area contributed by atoms with E-state index in [0.717, 1.165) is 6.07 Å². The summed E-state index contributed by atoms with van der Waals surface area (Å²) in [4.78, 5) is 10.5. The third-order valence-corrected chi connectivity index (χ3v) is 6.36. The summed E-state index contributed by atoms with van der Waals surface area (Å²) < 4.78 is 60.6. The number of alkyl halides is 2. The number of hydrogen-bond donors (Lipinski definition) is 1. The lowest BCUT2D eigenvalue weighted by Gasteiger charge is -2.18. The Hall–Kier alpha value is -3.32. The molecule has 0 spiro atoms. The standard InChI is InChI=1S/C19H22F2N4O6S/c1-4-24(5-2)32(28,29)14-7-8-15(16(11-14)25(26)27)23-22-12-13-6-9-17(31-19(20)21)18(10-13)30-3/h6-12,19,23H,4-5H2,1-3H3. The van der Waals surface area contributed by atoms with Gasteiger partial charge in [-0.15, -0.1) is 0 Å². The van der Waals surface area contributed by atoms with Crippen molar-refractivity contribution in [2.45, 2.75) is 25.4 Å². The maximum atomic E-state index is 12.6. The molecule has 174 valence electrons. The summed E-state index contributed by atoms with van der Waals surface area (Å²) >= 11 is 0. The third kappa shape index (κ3) is 5.88. The normalized spacial score (nSPS) is 11.8. The Morgan fingerprint density at radius 1 is 1.19 bits per heavy atom. The molecule has 0 fully saturated rings. The van der Waals surface area contributed by atoms with Crippen LogP contribution in [0.5, 0.6) is 11.5 Å². The number of halogens is 2. The van der Waals surface area contributed by atoms with Crippen LogP contribution in [0.15, 0.2) is 46.4 Å². The number of rotatable bonds is 11. The first-order valence-corrected chi connectivity index (χ1v) is 10.8. The number of methoxy groups -OCH3 is 1. The fraction of sp³-hybridized carbons (Fsp3) is 0.316. The second-order valence-electron chi connectivity index (χ2n) is 6.18. The highest BCUT2D eigenvalue weighted by atomic mass is 32.2. The van der Waals surface area contributed by atoms with Crippen molar-refractivity contribution in [2.75, 3.05) is 25.6 Å². The Bertz CT molecular complexity index is 1090. The molecule has 0 radical (unpaired) electrons. The van der Waals surface area contributed by atoms with Crippen molar-refractivity contribution in [2.24, 2.45) is 5.10 Å². The molecule has 2 rings (SSSR count). The summed E-state index contributed by atoms with van der Waals surface area (Å²) in [5, 5.41) is 15.4. The summed E-state index contributed by atoms with van der Waals surface area (Å²) in [6.07, 6.45) is 1.28. The van der Waals surface area contributed by atoms with E-state index in [0.29, 0.717) is 5.56 Å². The Labute approximate surface area is 183 Å². The highest BCUT2D eigenvalue weighted by Gasteiger charge is 2.25. The molecule has 13 heteroatoms. The lowest BCUT2D eigenvalue weighted by molar-refractivity contribution is -0.384. The van der Waals surface area contributed by atoms with E-state index in [2.05, 4.69) is 15.3 Å². The number of nitrogens with zero attached hydrogens (tertiary/aromatic N) is 3. The minimum atomic E-state index is -3.87. The van der Waals surface area contributed by atoms with Gasteiger partial charge >= 0.3 is 6.61 Å². The topological polar surface area (TPSA) is 123 Å². The molecule has 2 aromatic rings. The Kier molecular flexibility index (Phi) is 8.43. The summed E-state index contributed by atoms with van der Waals surface area (Å²) in [6, 6.07) is 7.54. The Balaban J connectivity index is 2.28. The third-order valence-electron chi connectivity index (χ3n) is 4.31. The van der Waals surface area contributed by atoms with Gasteiger partial charge < -0.3 is 9.47 Å². The van der Waals surface area contributed by atoms with Gasteiger partial charge in [0.05, 0.1) is 23.1 Å². The zero-order valence-corrected chi connectivity index (χ0v) is 18.3. The molecule has 0 saturated heterocycles. The van der Waals surface area contributed by atoms with Gasteiger partial charge in [-0.25, -0.2) is 8.42 Å². The number of hydrogen-bond acceptors (Lipinski definition) is 8. The van der Waals surface area contributed by atoms with Gasteiger partial charge in [0.15, 0.2) is 11.5 Å². The van der Waals surface area contributed by atoms with Crippen molar-refractivity contribution in [3.05, 3.63) is 52.1 Å². The number of hydrazone groups is 1. The molecule has 0 aliphatic heterocycles. The van der Waals surface area contributed by atoms with Gasteiger partial charge in [-0.2, -0.15) is 18.2 Å². The predicted octanol–water partition coefficient (Wildman–Crippen LogP) is 3.68. The van der Waals surface area contributed by atoms with Crippen LogP contribution in [0.3, 0.4) is 0 Å². The van der Waals surface area contributed by atoms with E-state index in [9.17, 15) is 27.3 Å². The lowest BCUT2D eigenvalue weighted by Crippen LogP contribution is -2.30. The van der Waals surface area contributed by atoms with Crippen LogP contribution in [0.2, 0.25) is 0 Å². The fourth-order valence-electron chi connectivity index (χ4n) is 2.76. The zero-order valence-electron chi connectivity index (χ0n) is 17.5. The zero-order chi connectivity index (χ0) is 23.9. The molecule has 0 aliphatic carbocycles. The molecule has 0 bridgehead atoms. The Morgan fingerprint density at radius 2 is 1.88 bits per heavy atom. The molecule has 0 aliphatic rings. The van der Waals surface area contributed by atoms with Crippen LogP contribution in [0.4, 0.5) is 20.2 Å². The maximum Gasteiger partial charge on any atom is 0.387 e. The second-order valence-corrected chi connectivity index (χ2v) is 8.12. The van der Waals surface area contributed by atoms with Crippen molar-refractivity contribution in [1.29, 1.82) is 0 Å². The largest absolute Gasteiger partial charge is 0.493 e. The van der Waals surface area contributed by atoms with E-state index in [1.54, 1.807) is 13.8 Å². The molecular weight excluding hydrogens is 450 g/mol. The quantitative estimate of drug-likeness (QED) is 0.301. The van der Waals surface area contributed by atoms with E-state index in [4.69, 9.17) is 4.74 Å². The monoisotopic (exact) mass is 472 g/mol. The smallest absolute Gasteiger partial charge is 0.387 e. The van der Waals surface area contributed by atoms with E-state index < -0.39 is 27.2 Å². The molecule has 0 saturated carbocycles. The Morgan fingerprint density at radius 3 is 2.44 bits per heavy atom. The van der Waals surface area contributed by atoms with Crippen molar-refractivity contribution < 1.29 is 31.6 Å². The molecule has 1 N–H and O–H groups in total. The highest BCUT2D eigenvalue weighted by molar-refractivity contribution is 7.89. The molecule has 0 atom stereocenters. The van der Waals surface area contributed by atoms with Crippen molar-refractivity contribution >= 4 is 27.6 Å². The summed E-state index contributed by atoms with van der Waals surface area (Å²) in [5.41, 5.74) is 2.41. The van der Waals surface area contributed by atoms with Gasteiger partial charge in [-0.1, -0.05) is 13.8 Å². The molecule has 32 heavy (non-hydrogen) atoms. The van der Waals surface area contributed by atoms with E-state index in [-0.39, 0.29) is 35.2 Å². The van der Waals surface area contributed by atoms with Gasteiger partial charge in [0.1, 0.15) is 5.69 Å². The molecule has 0 aromatic heterocycles. The summed E-state index contributed by atoms with van der Waals surface area (Å²) in [7, 11) is -2.59. The molecule has 0 heterocycles. The maximum absolute atomic E-state index is 12.6. The van der Waals surface area contributed by atoms with Crippen LogP contribution >= 0.6 is 0 Å². The van der Waals surface area contributed by atoms with Crippen molar-refractivity contribution in [1.82, 2.24) is 4.31 Å². The average Bonchev–Trinajstić information content (AvgIpc) is 2.74. The lowest BCUT2D eigenvalue weighted by atomic mass is 10.2. The minimum Gasteiger partial charge on any atom is -0.493 e. The van der Waals surface area contributed by atoms with Gasteiger partial charge in [0.25, 0.3) is 5.69 Å². The fourth-order valence-corrected chi connectivity index (χ4v) is 4.24. The van der Waals surface area contributed by atoms with Crippen molar-refractivity contribution in [3.63, 3.8) is 0 Å². The van der Waals surface area contributed by atoms with E-state index >= 15 is 0 Å².